The van der Waals surface area contributed by atoms with E-state index in [-0.39, 0.29) is 11.8 Å². The van der Waals surface area contributed by atoms with E-state index in [1.807, 2.05) is 6.07 Å². The third-order valence-electron chi connectivity index (χ3n) is 4.25. The van der Waals surface area contributed by atoms with Crippen molar-refractivity contribution in [1.29, 1.82) is 0 Å². The maximum atomic E-state index is 12.9. The summed E-state index contributed by atoms with van der Waals surface area (Å²) in [5.41, 5.74) is 3.35. The average molecular weight is 288 g/mol. The molecule has 0 saturated heterocycles. The molecular weight excluding hydrogens is 260 g/mol. The summed E-state index contributed by atoms with van der Waals surface area (Å²) in [7, 11) is 0. The summed E-state index contributed by atoms with van der Waals surface area (Å²) >= 11 is 0. The van der Waals surface area contributed by atoms with E-state index < -0.39 is 0 Å². The van der Waals surface area contributed by atoms with E-state index in [1.54, 1.807) is 0 Å². The maximum absolute atomic E-state index is 12.9. The summed E-state index contributed by atoms with van der Waals surface area (Å²) in [6, 6.07) is 6.17. The van der Waals surface area contributed by atoms with Crippen LogP contribution in [0.4, 0.5) is 5.69 Å². The number of anilines is 1. The highest BCUT2D eigenvalue weighted by molar-refractivity contribution is 6.00. The Balaban J connectivity index is 2.18. The summed E-state index contributed by atoms with van der Waals surface area (Å²) in [4.78, 5) is 15.3. The van der Waals surface area contributed by atoms with Crippen molar-refractivity contribution in [1.82, 2.24) is 4.90 Å². The normalized spacial score (nSPS) is 14.9. The first-order chi connectivity index (χ1) is 10.2. The number of hydrogen-bond donors (Lipinski definition) is 1. The lowest BCUT2D eigenvalue weighted by atomic mass is 9.97. The quantitative estimate of drug-likeness (QED) is 0.740. The zero-order chi connectivity index (χ0) is 15.2. The van der Waals surface area contributed by atoms with Crippen molar-refractivity contribution < 1.29 is 4.79 Å². The molecule has 0 aliphatic carbocycles. The lowest BCUT2D eigenvalue weighted by Gasteiger charge is -2.29. The molecule has 0 saturated carbocycles. The fourth-order valence-electron chi connectivity index (χ4n) is 3.26. The van der Waals surface area contributed by atoms with Crippen molar-refractivity contribution in [3.8, 4) is 0 Å². The number of rotatable bonds is 8. The van der Waals surface area contributed by atoms with Crippen molar-refractivity contribution in [2.75, 3.05) is 25.0 Å². The smallest absolute Gasteiger partial charge is 0.179 e. The molecule has 1 aliphatic heterocycles. The first-order valence-corrected chi connectivity index (χ1v) is 8.36. The Bertz CT molecular complexity index is 478. The summed E-state index contributed by atoms with van der Waals surface area (Å²) in [5, 5.41) is 3.35. The van der Waals surface area contributed by atoms with Gasteiger partial charge in [0.15, 0.2) is 5.78 Å². The molecule has 0 bridgehead atoms. The number of benzene rings is 1. The van der Waals surface area contributed by atoms with Gasteiger partial charge in [-0.25, -0.2) is 0 Å². The van der Waals surface area contributed by atoms with E-state index in [4.69, 9.17) is 0 Å². The van der Waals surface area contributed by atoms with Gasteiger partial charge < -0.3 is 5.32 Å². The van der Waals surface area contributed by atoms with Gasteiger partial charge in [0.05, 0.1) is 6.04 Å². The fourth-order valence-corrected chi connectivity index (χ4v) is 3.26. The molecule has 1 aliphatic rings. The van der Waals surface area contributed by atoms with Gasteiger partial charge in [-0.3, -0.25) is 9.69 Å². The van der Waals surface area contributed by atoms with Gasteiger partial charge in [0, 0.05) is 17.8 Å². The van der Waals surface area contributed by atoms with E-state index in [9.17, 15) is 4.79 Å². The standard InChI is InChI=1S/C18H28N2O/c1-4-11-20(12-5-2)17(6-3)18(21)15-7-8-16-14(13-15)9-10-19-16/h7-8,13,17,19H,4-6,9-12H2,1-3H3. The van der Waals surface area contributed by atoms with Crippen LogP contribution >= 0.6 is 0 Å². The van der Waals surface area contributed by atoms with Crippen LogP contribution in [0, 0.1) is 0 Å². The van der Waals surface area contributed by atoms with Crippen molar-refractivity contribution >= 4 is 11.5 Å². The molecule has 1 aromatic rings. The topological polar surface area (TPSA) is 32.3 Å². The Morgan fingerprint density at radius 2 is 1.95 bits per heavy atom. The molecular formula is C18H28N2O. The van der Waals surface area contributed by atoms with Crippen molar-refractivity contribution in [3.63, 3.8) is 0 Å². The molecule has 0 aromatic heterocycles. The number of nitrogens with one attached hydrogen (secondary N) is 1. The highest BCUT2D eigenvalue weighted by Crippen LogP contribution is 2.24. The van der Waals surface area contributed by atoms with Crippen LogP contribution in [-0.4, -0.2) is 36.4 Å². The van der Waals surface area contributed by atoms with E-state index in [0.29, 0.717) is 0 Å². The molecule has 3 heteroatoms. The van der Waals surface area contributed by atoms with Crippen LogP contribution in [0.15, 0.2) is 18.2 Å². The second-order valence-corrected chi connectivity index (χ2v) is 5.87. The van der Waals surface area contributed by atoms with Gasteiger partial charge in [-0.05, 0) is 62.5 Å². The Hall–Kier alpha value is -1.35. The van der Waals surface area contributed by atoms with Gasteiger partial charge in [-0.15, -0.1) is 0 Å². The number of hydrogen-bond acceptors (Lipinski definition) is 3. The van der Waals surface area contributed by atoms with Crippen LogP contribution in [0.5, 0.6) is 0 Å². The van der Waals surface area contributed by atoms with Crippen LogP contribution in [0.2, 0.25) is 0 Å². The zero-order valence-electron chi connectivity index (χ0n) is 13.6. The summed E-state index contributed by atoms with van der Waals surface area (Å²) in [5.74, 6) is 0.286. The number of ketones is 1. The number of fused-ring (bicyclic) bond motifs is 1. The second kappa shape index (κ2) is 7.60. The molecule has 1 heterocycles. The molecule has 1 N–H and O–H groups in total. The first-order valence-electron chi connectivity index (χ1n) is 8.36. The number of nitrogens with zero attached hydrogens (tertiary/aromatic N) is 1. The number of carbonyl (C=O) groups excluding carboxylic acids is 1. The van der Waals surface area contributed by atoms with Crippen molar-refractivity contribution in [2.24, 2.45) is 0 Å². The molecule has 1 aromatic carbocycles. The minimum atomic E-state index is 0.0253. The second-order valence-electron chi connectivity index (χ2n) is 5.87. The Morgan fingerprint density at radius 3 is 2.57 bits per heavy atom. The van der Waals surface area contributed by atoms with E-state index in [1.165, 1.54) is 11.3 Å². The molecule has 116 valence electrons. The summed E-state index contributed by atoms with van der Waals surface area (Å²) in [6.45, 7) is 9.48. The molecule has 0 spiro atoms. The number of carbonyl (C=O) groups is 1. The lowest BCUT2D eigenvalue weighted by Crippen LogP contribution is -2.41. The minimum Gasteiger partial charge on any atom is -0.384 e. The Morgan fingerprint density at radius 1 is 1.24 bits per heavy atom. The van der Waals surface area contributed by atoms with Gasteiger partial charge in [0.2, 0.25) is 0 Å². The third kappa shape index (κ3) is 3.65. The van der Waals surface area contributed by atoms with E-state index in [0.717, 1.165) is 50.9 Å². The SMILES string of the molecule is CCCN(CCC)C(CC)C(=O)c1ccc2c(c1)CCN2. The van der Waals surface area contributed by atoms with E-state index in [2.05, 4.69) is 43.1 Å². The Kier molecular flexibility index (Phi) is 5.80. The molecule has 3 nitrogen and oxygen atoms in total. The highest BCUT2D eigenvalue weighted by atomic mass is 16.1. The third-order valence-corrected chi connectivity index (χ3v) is 4.25. The lowest BCUT2D eigenvalue weighted by molar-refractivity contribution is 0.0810. The van der Waals surface area contributed by atoms with Crippen LogP contribution in [0.25, 0.3) is 0 Å². The van der Waals surface area contributed by atoms with Crippen molar-refractivity contribution in [3.05, 3.63) is 29.3 Å². The van der Waals surface area contributed by atoms with Crippen LogP contribution in [0.1, 0.15) is 56.0 Å². The zero-order valence-corrected chi connectivity index (χ0v) is 13.6. The monoisotopic (exact) mass is 288 g/mol. The summed E-state index contributed by atoms with van der Waals surface area (Å²) in [6.07, 6.45) is 4.10. The first kappa shape index (κ1) is 16.0. The van der Waals surface area contributed by atoms with Gasteiger partial charge in [0.25, 0.3) is 0 Å². The molecule has 0 amide bonds. The molecule has 0 radical (unpaired) electrons. The van der Waals surface area contributed by atoms with Gasteiger partial charge in [-0.1, -0.05) is 20.8 Å². The fraction of sp³-hybridized carbons (Fsp3) is 0.611. The minimum absolute atomic E-state index is 0.0253. The number of Topliss-reactive ketones (excluding diaryl/α,β-unsaturated/α-hetero) is 1. The van der Waals surface area contributed by atoms with Crippen LogP contribution in [0.3, 0.4) is 0 Å². The van der Waals surface area contributed by atoms with Crippen LogP contribution in [-0.2, 0) is 6.42 Å². The Labute approximate surface area is 128 Å². The highest BCUT2D eigenvalue weighted by Gasteiger charge is 2.25. The summed E-state index contributed by atoms with van der Waals surface area (Å²) < 4.78 is 0. The van der Waals surface area contributed by atoms with Gasteiger partial charge in [0.1, 0.15) is 0 Å². The van der Waals surface area contributed by atoms with Gasteiger partial charge in [-0.2, -0.15) is 0 Å². The molecule has 0 fully saturated rings. The largest absolute Gasteiger partial charge is 0.384 e. The predicted molar refractivity (Wildman–Crippen MR) is 89.2 cm³/mol. The van der Waals surface area contributed by atoms with Crippen molar-refractivity contribution in [2.45, 2.75) is 52.5 Å². The maximum Gasteiger partial charge on any atom is 0.179 e. The molecule has 1 unspecified atom stereocenters. The molecule has 21 heavy (non-hydrogen) atoms. The molecule has 1 atom stereocenters. The molecule has 2 rings (SSSR count). The van der Waals surface area contributed by atoms with E-state index >= 15 is 0 Å². The predicted octanol–water partition coefficient (Wildman–Crippen LogP) is 3.74. The average Bonchev–Trinajstić information content (AvgIpc) is 2.95. The van der Waals surface area contributed by atoms with Gasteiger partial charge >= 0.3 is 0 Å². The van der Waals surface area contributed by atoms with Crippen LogP contribution < -0.4 is 5.32 Å².